The van der Waals surface area contributed by atoms with Crippen LogP contribution in [0.2, 0.25) is 5.02 Å². The van der Waals surface area contributed by atoms with E-state index < -0.39 is 0 Å². The van der Waals surface area contributed by atoms with Crippen LogP contribution in [0.3, 0.4) is 0 Å². The number of hydrogen-bond donors (Lipinski definition) is 1. The van der Waals surface area contributed by atoms with E-state index in [9.17, 15) is 0 Å². The Morgan fingerprint density at radius 1 is 1.57 bits per heavy atom. The first-order chi connectivity index (χ1) is 6.57. The Labute approximate surface area is 90.2 Å². The fourth-order valence-corrected chi connectivity index (χ4v) is 1.83. The van der Waals surface area contributed by atoms with E-state index in [1.807, 2.05) is 4.68 Å². The van der Waals surface area contributed by atoms with E-state index in [1.165, 1.54) is 0 Å². The Morgan fingerprint density at radius 3 is 2.71 bits per heavy atom. The maximum atomic E-state index is 6.06. The van der Waals surface area contributed by atoms with Gasteiger partial charge in [-0.25, -0.2) is 0 Å². The Bertz CT molecular complexity index is 294. The molecular weight excluding hydrogens is 198 g/mol. The van der Waals surface area contributed by atoms with E-state index in [1.54, 1.807) is 6.20 Å². The van der Waals surface area contributed by atoms with Crippen LogP contribution < -0.4 is 5.73 Å². The quantitative estimate of drug-likeness (QED) is 0.840. The van der Waals surface area contributed by atoms with Crippen LogP contribution in [0.4, 0.5) is 0 Å². The summed E-state index contributed by atoms with van der Waals surface area (Å²) in [6.45, 7) is 6.26. The molecule has 0 aliphatic carbocycles. The molecule has 0 fully saturated rings. The van der Waals surface area contributed by atoms with Crippen molar-refractivity contribution in [1.29, 1.82) is 0 Å². The summed E-state index contributed by atoms with van der Waals surface area (Å²) in [5, 5.41) is 4.90. The molecule has 4 heteroatoms. The highest BCUT2D eigenvalue weighted by Crippen LogP contribution is 2.26. The number of rotatable bonds is 4. The third kappa shape index (κ3) is 2.28. The molecule has 0 aliphatic rings. The molecule has 1 atom stereocenters. The van der Waals surface area contributed by atoms with Gasteiger partial charge in [0.1, 0.15) is 0 Å². The summed E-state index contributed by atoms with van der Waals surface area (Å²) in [6.07, 6.45) is 3.67. The van der Waals surface area contributed by atoms with Crippen LogP contribution in [0.25, 0.3) is 0 Å². The molecule has 80 valence electrons. The lowest BCUT2D eigenvalue weighted by Crippen LogP contribution is -2.17. The van der Waals surface area contributed by atoms with Crippen LogP contribution in [-0.4, -0.2) is 9.78 Å². The minimum Gasteiger partial charge on any atom is -0.323 e. The minimum absolute atomic E-state index is 0.00241. The van der Waals surface area contributed by atoms with Gasteiger partial charge in [0, 0.05) is 12.1 Å². The third-order valence-corrected chi connectivity index (χ3v) is 2.52. The smallest absolute Gasteiger partial charge is 0.0834 e. The second-order valence-corrected chi connectivity index (χ2v) is 4.22. The molecule has 0 spiro atoms. The van der Waals surface area contributed by atoms with Gasteiger partial charge < -0.3 is 5.73 Å². The average Bonchev–Trinajstić information content (AvgIpc) is 2.47. The number of nitrogens with two attached hydrogens (primary N) is 1. The molecule has 1 rings (SSSR count). The van der Waals surface area contributed by atoms with Crippen molar-refractivity contribution in [3.05, 3.63) is 16.9 Å². The van der Waals surface area contributed by atoms with E-state index in [0.717, 1.165) is 18.5 Å². The summed E-state index contributed by atoms with van der Waals surface area (Å²) in [5.41, 5.74) is 7.01. The first-order valence-electron chi connectivity index (χ1n) is 5.06. The molecule has 0 bridgehead atoms. The third-order valence-electron chi connectivity index (χ3n) is 2.23. The van der Waals surface area contributed by atoms with Crippen LogP contribution in [0.15, 0.2) is 6.20 Å². The first kappa shape index (κ1) is 11.5. The monoisotopic (exact) mass is 215 g/mol. The fourth-order valence-electron chi connectivity index (χ4n) is 1.56. The molecule has 1 aromatic heterocycles. The molecule has 3 nitrogen and oxygen atoms in total. The van der Waals surface area contributed by atoms with E-state index in [-0.39, 0.29) is 6.04 Å². The van der Waals surface area contributed by atoms with Gasteiger partial charge in [-0.05, 0) is 20.3 Å². The molecule has 1 unspecified atom stereocenters. The molecule has 1 heterocycles. The molecule has 1 aromatic rings. The standard InChI is InChI=1S/C10H18ClN3/c1-4-5-9(12)10-8(11)6-13-14(10)7(2)3/h6-7,9H,4-5,12H2,1-3H3. The second kappa shape index (κ2) is 4.80. The Morgan fingerprint density at radius 2 is 2.21 bits per heavy atom. The van der Waals surface area contributed by atoms with Crippen LogP contribution in [0, 0.1) is 0 Å². The van der Waals surface area contributed by atoms with Crippen LogP contribution >= 0.6 is 11.6 Å². The zero-order valence-electron chi connectivity index (χ0n) is 9.00. The zero-order valence-corrected chi connectivity index (χ0v) is 9.75. The normalized spacial score (nSPS) is 13.6. The van der Waals surface area contributed by atoms with Crippen LogP contribution in [-0.2, 0) is 0 Å². The Kier molecular flexibility index (Phi) is 3.96. The second-order valence-electron chi connectivity index (χ2n) is 3.81. The van der Waals surface area contributed by atoms with Crippen molar-refractivity contribution in [2.75, 3.05) is 0 Å². The van der Waals surface area contributed by atoms with Crippen LogP contribution in [0.1, 0.15) is 51.4 Å². The summed E-state index contributed by atoms with van der Waals surface area (Å²) in [4.78, 5) is 0. The topological polar surface area (TPSA) is 43.8 Å². The van der Waals surface area contributed by atoms with E-state index in [0.29, 0.717) is 11.1 Å². The summed E-state index contributed by atoms with van der Waals surface area (Å²) in [7, 11) is 0. The lowest BCUT2D eigenvalue weighted by molar-refractivity contribution is 0.475. The van der Waals surface area contributed by atoms with Crippen molar-refractivity contribution in [2.45, 2.75) is 45.7 Å². The zero-order chi connectivity index (χ0) is 10.7. The molecule has 0 saturated carbocycles. The summed E-state index contributed by atoms with van der Waals surface area (Å²) >= 11 is 6.06. The number of nitrogens with zero attached hydrogens (tertiary/aromatic N) is 2. The van der Waals surface area contributed by atoms with Crippen molar-refractivity contribution in [3.8, 4) is 0 Å². The van der Waals surface area contributed by atoms with Crippen molar-refractivity contribution >= 4 is 11.6 Å². The minimum atomic E-state index is -0.00241. The maximum absolute atomic E-state index is 6.06. The molecule has 0 saturated heterocycles. The van der Waals surface area contributed by atoms with Gasteiger partial charge in [-0.15, -0.1) is 0 Å². The van der Waals surface area contributed by atoms with Gasteiger partial charge in [-0.2, -0.15) is 5.10 Å². The van der Waals surface area contributed by atoms with Gasteiger partial charge in [0.25, 0.3) is 0 Å². The van der Waals surface area contributed by atoms with Gasteiger partial charge >= 0.3 is 0 Å². The molecule has 0 amide bonds. The van der Waals surface area contributed by atoms with Gasteiger partial charge in [0.2, 0.25) is 0 Å². The molecule has 2 N–H and O–H groups in total. The lowest BCUT2D eigenvalue weighted by atomic mass is 10.1. The lowest BCUT2D eigenvalue weighted by Gasteiger charge is -2.16. The molecule has 0 aliphatic heterocycles. The molecule has 14 heavy (non-hydrogen) atoms. The highest BCUT2D eigenvalue weighted by Gasteiger charge is 2.17. The average molecular weight is 216 g/mol. The Balaban J connectivity index is 2.98. The summed E-state index contributed by atoms with van der Waals surface area (Å²) in [5.74, 6) is 0. The van der Waals surface area contributed by atoms with E-state index in [2.05, 4.69) is 25.9 Å². The molecular formula is C10H18ClN3. The van der Waals surface area contributed by atoms with Gasteiger partial charge in [-0.1, -0.05) is 24.9 Å². The van der Waals surface area contributed by atoms with Gasteiger partial charge in [0.15, 0.2) is 0 Å². The van der Waals surface area contributed by atoms with Gasteiger partial charge in [-0.3, -0.25) is 4.68 Å². The van der Waals surface area contributed by atoms with E-state index >= 15 is 0 Å². The van der Waals surface area contributed by atoms with Gasteiger partial charge in [0.05, 0.1) is 16.9 Å². The van der Waals surface area contributed by atoms with Crippen LogP contribution in [0.5, 0.6) is 0 Å². The largest absolute Gasteiger partial charge is 0.323 e. The summed E-state index contributed by atoms with van der Waals surface area (Å²) < 4.78 is 1.91. The van der Waals surface area contributed by atoms with E-state index in [4.69, 9.17) is 17.3 Å². The first-order valence-corrected chi connectivity index (χ1v) is 5.44. The van der Waals surface area contributed by atoms with Crippen molar-refractivity contribution in [1.82, 2.24) is 9.78 Å². The van der Waals surface area contributed by atoms with Crippen molar-refractivity contribution < 1.29 is 0 Å². The number of hydrogen-bond acceptors (Lipinski definition) is 2. The Hall–Kier alpha value is -0.540. The molecule has 0 radical (unpaired) electrons. The number of halogens is 1. The summed E-state index contributed by atoms with van der Waals surface area (Å²) in [6, 6.07) is 0.304. The SMILES string of the molecule is CCCC(N)c1c(Cl)cnn1C(C)C. The predicted octanol–water partition coefficient (Wildman–Crippen LogP) is 2.92. The predicted molar refractivity (Wildman–Crippen MR) is 59.5 cm³/mol. The van der Waals surface area contributed by atoms with Crippen molar-refractivity contribution in [2.24, 2.45) is 5.73 Å². The molecule has 0 aromatic carbocycles. The fraction of sp³-hybridized carbons (Fsp3) is 0.700. The van der Waals surface area contributed by atoms with Crippen molar-refractivity contribution in [3.63, 3.8) is 0 Å². The maximum Gasteiger partial charge on any atom is 0.0834 e. The number of aromatic nitrogens is 2. The highest BCUT2D eigenvalue weighted by atomic mass is 35.5. The highest BCUT2D eigenvalue weighted by molar-refractivity contribution is 6.31.